The van der Waals surface area contributed by atoms with Crippen molar-refractivity contribution in [2.45, 2.75) is 88.8 Å². The number of aryl methyl sites for hydroxylation is 1. The van der Waals surface area contributed by atoms with Gasteiger partial charge in [-0.2, -0.15) is 0 Å². The van der Waals surface area contributed by atoms with Gasteiger partial charge in [0.15, 0.2) is 17.5 Å². The van der Waals surface area contributed by atoms with Crippen molar-refractivity contribution in [1.82, 2.24) is 0 Å². The Morgan fingerprint density at radius 1 is 0.867 bits per heavy atom. The number of hydrogen-bond donors (Lipinski definition) is 0. The lowest BCUT2D eigenvalue weighted by molar-refractivity contribution is 0.183. The van der Waals surface area contributed by atoms with Crippen LogP contribution in [0.2, 0.25) is 18.1 Å². The van der Waals surface area contributed by atoms with Gasteiger partial charge >= 0.3 is 0 Å². The van der Waals surface area contributed by atoms with Crippen LogP contribution in [0.4, 0.5) is 13.2 Å². The average Bonchev–Trinajstić information content (AvgIpc) is 2.76. The summed E-state index contributed by atoms with van der Waals surface area (Å²) in [5.74, 6) is -0.745. The van der Waals surface area contributed by atoms with E-state index in [-0.39, 0.29) is 0 Å². The third-order valence-electron chi connectivity index (χ3n) is 7.78. The first-order valence-electron chi connectivity index (χ1n) is 12.2. The molecule has 30 heavy (non-hydrogen) atoms. The molecule has 1 saturated heterocycles. The number of ether oxygens (including phenoxy) is 1. The molecule has 0 atom stereocenters. The second-order valence-electron chi connectivity index (χ2n) is 9.82. The summed E-state index contributed by atoms with van der Waals surface area (Å²) in [5, 5.41) is 0. The smallest absolute Gasteiger partial charge is 0.194 e. The second kappa shape index (κ2) is 12.3. The Hall–Kier alpha value is -0.813. The molecule has 1 saturated carbocycles. The zero-order valence-electron chi connectivity index (χ0n) is 18.6. The van der Waals surface area contributed by atoms with Crippen LogP contribution in [0.1, 0.15) is 69.8 Å². The van der Waals surface area contributed by atoms with Gasteiger partial charge in [-0.15, -0.1) is 0 Å². The number of methoxy groups -OCH3 is 1. The normalized spacial score (nSPS) is 27.3. The monoisotopic (exact) mass is 440 g/mol. The summed E-state index contributed by atoms with van der Waals surface area (Å²) in [6.07, 6.45) is 13.6. The summed E-state index contributed by atoms with van der Waals surface area (Å²) in [5.41, 5.74) is 0.566. The van der Waals surface area contributed by atoms with Crippen LogP contribution >= 0.6 is 0 Å². The van der Waals surface area contributed by atoms with Crippen molar-refractivity contribution in [1.29, 1.82) is 0 Å². The molecule has 0 spiro atoms. The third kappa shape index (κ3) is 7.12. The molecule has 5 heteroatoms. The van der Waals surface area contributed by atoms with Gasteiger partial charge in [-0.3, -0.25) is 0 Å². The summed E-state index contributed by atoms with van der Waals surface area (Å²) >= 11 is 0. The predicted molar refractivity (Wildman–Crippen MR) is 120 cm³/mol. The summed E-state index contributed by atoms with van der Waals surface area (Å²) < 4.78 is 44.9. The van der Waals surface area contributed by atoms with Crippen LogP contribution in [0.15, 0.2) is 12.1 Å². The van der Waals surface area contributed by atoms with Crippen molar-refractivity contribution in [3.05, 3.63) is 35.1 Å². The van der Waals surface area contributed by atoms with Crippen molar-refractivity contribution in [2.24, 2.45) is 17.8 Å². The minimum Gasteiger partial charge on any atom is -0.385 e. The SMILES string of the molecule is COCCC[SiH]1CCC([C@H]2CC[C@H](CCCCc3cc(F)c(F)c(F)c3)CC2)CC1. The number of unbranched alkanes of at least 4 members (excludes halogenated alkanes) is 1. The van der Waals surface area contributed by atoms with Crippen LogP contribution in [-0.4, -0.2) is 22.5 Å². The maximum absolute atomic E-state index is 13.3. The lowest BCUT2D eigenvalue weighted by Crippen LogP contribution is -2.28. The first-order valence-corrected chi connectivity index (χ1v) is 14.6. The number of benzene rings is 1. The molecule has 0 amide bonds. The van der Waals surface area contributed by atoms with Gasteiger partial charge in [0, 0.05) is 22.5 Å². The van der Waals surface area contributed by atoms with Crippen molar-refractivity contribution >= 4 is 8.80 Å². The standard InChI is InChI=1S/C25H39F3OSi/c1-29-13-4-14-30-15-11-22(12-16-30)21-9-7-19(8-10-21)5-2-3-6-20-17-23(26)25(28)24(27)18-20/h17-19,21-22,30H,2-16H2,1H3/t19-,21-,22?,30?. The fourth-order valence-electron chi connectivity index (χ4n) is 5.93. The second-order valence-corrected chi connectivity index (χ2v) is 13.3. The Kier molecular flexibility index (Phi) is 9.76. The molecule has 0 unspecified atom stereocenters. The van der Waals surface area contributed by atoms with Crippen LogP contribution in [0.25, 0.3) is 0 Å². The molecule has 0 bridgehead atoms. The Morgan fingerprint density at radius 2 is 1.50 bits per heavy atom. The van der Waals surface area contributed by atoms with Gasteiger partial charge in [-0.1, -0.05) is 56.7 Å². The topological polar surface area (TPSA) is 9.23 Å². The van der Waals surface area contributed by atoms with Gasteiger partial charge in [0.1, 0.15) is 0 Å². The van der Waals surface area contributed by atoms with E-state index in [1.165, 1.54) is 57.4 Å². The average molecular weight is 441 g/mol. The Bertz CT molecular complexity index is 614. The van der Waals surface area contributed by atoms with Crippen molar-refractivity contribution in [3.63, 3.8) is 0 Å². The maximum Gasteiger partial charge on any atom is 0.194 e. The first kappa shape index (κ1) is 23.8. The zero-order valence-corrected chi connectivity index (χ0v) is 19.8. The van der Waals surface area contributed by atoms with E-state index in [1.54, 1.807) is 12.1 Å². The van der Waals surface area contributed by atoms with Gasteiger partial charge in [0.05, 0.1) is 0 Å². The van der Waals surface area contributed by atoms with E-state index in [4.69, 9.17) is 4.74 Å². The lowest BCUT2D eigenvalue weighted by Gasteiger charge is -2.37. The minimum atomic E-state index is -1.36. The Balaban J connectivity index is 1.28. The highest BCUT2D eigenvalue weighted by Gasteiger charge is 2.30. The summed E-state index contributed by atoms with van der Waals surface area (Å²) in [7, 11) is 1.34. The lowest BCUT2D eigenvalue weighted by atomic mass is 9.73. The van der Waals surface area contributed by atoms with Gasteiger partial charge in [-0.05, 0) is 67.6 Å². The van der Waals surface area contributed by atoms with E-state index in [1.807, 2.05) is 7.11 Å². The predicted octanol–water partition coefficient (Wildman–Crippen LogP) is 7.30. The highest BCUT2D eigenvalue weighted by Crippen LogP contribution is 2.42. The summed E-state index contributed by atoms with van der Waals surface area (Å²) in [6.45, 7) is 0.939. The molecule has 3 rings (SSSR count). The van der Waals surface area contributed by atoms with Gasteiger partial charge < -0.3 is 4.74 Å². The fourth-order valence-corrected chi connectivity index (χ4v) is 9.34. The molecule has 1 heterocycles. The minimum absolute atomic E-state index is 0.465. The molecule has 0 radical (unpaired) electrons. The van der Waals surface area contributed by atoms with Gasteiger partial charge in [-0.25, -0.2) is 13.2 Å². The molecule has 0 aromatic heterocycles. The molecule has 1 aliphatic carbocycles. The maximum atomic E-state index is 13.3. The molecule has 1 aromatic carbocycles. The van der Waals surface area contributed by atoms with Crippen LogP contribution in [0.3, 0.4) is 0 Å². The van der Waals surface area contributed by atoms with Crippen LogP contribution < -0.4 is 0 Å². The van der Waals surface area contributed by atoms with Crippen molar-refractivity contribution in [3.8, 4) is 0 Å². The van der Waals surface area contributed by atoms with E-state index in [2.05, 4.69) is 0 Å². The van der Waals surface area contributed by atoms with E-state index in [9.17, 15) is 13.2 Å². The van der Waals surface area contributed by atoms with E-state index >= 15 is 0 Å². The molecular formula is C25H39F3OSi. The fraction of sp³-hybridized carbons (Fsp3) is 0.760. The molecule has 1 aromatic rings. The molecule has 0 N–H and O–H groups in total. The quantitative estimate of drug-likeness (QED) is 0.211. The number of rotatable bonds is 10. The van der Waals surface area contributed by atoms with E-state index < -0.39 is 26.2 Å². The van der Waals surface area contributed by atoms with Crippen molar-refractivity contribution < 1.29 is 17.9 Å². The largest absolute Gasteiger partial charge is 0.385 e. The van der Waals surface area contributed by atoms with Crippen LogP contribution in [0, 0.1) is 35.2 Å². The Morgan fingerprint density at radius 3 is 2.13 bits per heavy atom. The zero-order chi connectivity index (χ0) is 21.3. The molecule has 1 nitrogen and oxygen atoms in total. The van der Waals surface area contributed by atoms with Crippen LogP contribution in [0.5, 0.6) is 0 Å². The highest BCUT2D eigenvalue weighted by atomic mass is 28.3. The summed E-state index contributed by atoms with van der Waals surface area (Å²) in [6, 6.07) is 6.86. The highest BCUT2D eigenvalue weighted by molar-refractivity contribution is 6.58. The van der Waals surface area contributed by atoms with Gasteiger partial charge in [0.2, 0.25) is 0 Å². The number of hydrogen-bond acceptors (Lipinski definition) is 1. The molecular weight excluding hydrogens is 401 g/mol. The van der Waals surface area contributed by atoms with E-state index in [0.717, 1.165) is 49.3 Å². The number of halogens is 3. The van der Waals surface area contributed by atoms with E-state index in [0.29, 0.717) is 12.0 Å². The molecule has 1 aliphatic heterocycles. The van der Waals surface area contributed by atoms with Crippen molar-refractivity contribution in [2.75, 3.05) is 13.7 Å². The molecule has 2 aliphatic rings. The Labute approximate surface area is 182 Å². The first-order chi connectivity index (χ1) is 14.6. The third-order valence-corrected chi connectivity index (χ3v) is 11.3. The molecule has 2 fully saturated rings. The van der Waals surface area contributed by atoms with Gasteiger partial charge in [0.25, 0.3) is 0 Å². The summed E-state index contributed by atoms with van der Waals surface area (Å²) in [4.78, 5) is 0. The van der Waals surface area contributed by atoms with Crippen LogP contribution in [-0.2, 0) is 11.2 Å². The molecule has 170 valence electrons.